The Bertz CT molecular complexity index is 444. The molecular weight excluding hydrogens is 242 g/mol. The van der Waals surface area contributed by atoms with Crippen LogP contribution < -0.4 is 5.32 Å². The third-order valence-corrected chi connectivity index (χ3v) is 2.82. The molecule has 0 spiro atoms. The maximum absolute atomic E-state index is 12.0. The van der Waals surface area contributed by atoms with Gasteiger partial charge in [0.1, 0.15) is 6.04 Å². The van der Waals surface area contributed by atoms with Crippen molar-refractivity contribution in [1.29, 1.82) is 0 Å². The second-order valence-electron chi connectivity index (χ2n) is 6.13. The molecule has 5 nitrogen and oxygen atoms in total. The molecule has 1 rings (SSSR count). The third-order valence-electron chi connectivity index (χ3n) is 2.82. The van der Waals surface area contributed by atoms with Gasteiger partial charge in [0.25, 0.3) is 0 Å². The van der Waals surface area contributed by atoms with Crippen LogP contribution in [0.4, 0.5) is 0 Å². The molecule has 0 fully saturated rings. The Morgan fingerprint density at radius 2 is 2.00 bits per heavy atom. The molecule has 0 aliphatic carbocycles. The number of carbonyl (C=O) groups is 1. The maximum atomic E-state index is 12.0. The molecule has 108 valence electrons. The molecule has 1 N–H and O–H groups in total. The summed E-state index contributed by atoms with van der Waals surface area (Å²) in [7, 11) is 3.27. The molecule has 0 aromatic carbocycles. The molecule has 0 saturated heterocycles. The third kappa shape index (κ3) is 3.80. The fraction of sp³-hybridized carbons (Fsp3) is 0.714. The average molecular weight is 267 g/mol. The van der Waals surface area contributed by atoms with Crippen molar-refractivity contribution in [3.63, 3.8) is 0 Å². The van der Waals surface area contributed by atoms with Crippen LogP contribution in [0.1, 0.15) is 51.9 Å². The second-order valence-corrected chi connectivity index (χ2v) is 6.13. The van der Waals surface area contributed by atoms with E-state index in [2.05, 4.69) is 31.2 Å². The van der Waals surface area contributed by atoms with E-state index in [1.807, 2.05) is 27.1 Å². The van der Waals surface area contributed by atoms with Gasteiger partial charge < -0.3 is 4.74 Å². The van der Waals surface area contributed by atoms with E-state index < -0.39 is 6.04 Å². The number of hydrogen-bond donors (Lipinski definition) is 1. The molecule has 5 heteroatoms. The van der Waals surface area contributed by atoms with E-state index in [4.69, 9.17) is 4.74 Å². The highest BCUT2D eigenvalue weighted by Gasteiger charge is 2.31. The standard InChI is InChI=1S/C14H25N3O2/c1-9(2)15-11(13(18)19-7)10-8-17(6)16-12(10)14(3,4)5/h8-9,11,15H,1-7H3. The second kappa shape index (κ2) is 5.74. The minimum absolute atomic E-state index is 0.123. The zero-order chi connectivity index (χ0) is 14.8. The van der Waals surface area contributed by atoms with Gasteiger partial charge in [0.05, 0.1) is 12.8 Å². The summed E-state index contributed by atoms with van der Waals surface area (Å²) in [6.07, 6.45) is 1.89. The predicted octanol–water partition coefficient (Wildman–Crippen LogP) is 1.93. The van der Waals surface area contributed by atoms with Gasteiger partial charge in [-0.05, 0) is 13.8 Å². The van der Waals surface area contributed by atoms with Gasteiger partial charge in [-0.3, -0.25) is 10.00 Å². The van der Waals surface area contributed by atoms with Gasteiger partial charge in [-0.25, -0.2) is 4.79 Å². The molecule has 0 saturated carbocycles. The Morgan fingerprint density at radius 3 is 2.42 bits per heavy atom. The first kappa shape index (κ1) is 15.7. The van der Waals surface area contributed by atoms with Crippen molar-refractivity contribution in [1.82, 2.24) is 15.1 Å². The van der Waals surface area contributed by atoms with Crippen molar-refractivity contribution in [2.24, 2.45) is 7.05 Å². The van der Waals surface area contributed by atoms with Crippen molar-refractivity contribution < 1.29 is 9.53 Å². The number of nitrogens with one attached hydrogen (secondary N) is 1. The summed E-state index contributed by atoms with van der Waals surface area (Å²) in [5.41, 5.74) is 1.68. The molecule has 0 radical (unpaired) electrons. The van der Waals surface area contributed by atoms with Crippen LogP contribution >= 0.6 is 0 Å². The number of ether oxygens (including phenoxy) is 1. The van der Waals surface area contributed by atoms with Crippen molar-refractivity contribution in [3.8, 4) is 0 Å². The zero-order valence-corrected chi connectivity index (χ0v) is 12.9. The highest BCUT2D eigenvalue weighted by atomic mass is 16.5. The van der Waals surface area contributed by atoms with Gasteiger partial charge >= 0.3 is 5.97 Å². The summed E-state index contributed by atoms with van der Waals surface area (Å²) in [6, 6.07) is -0.301. The number of hydrogen-bond acceptors (Lipinski definition) is 4. The fourth-order valence-electron chi connectivity index (χ4n) is 2.04. The lowest BCUT2D eigenvalue weighted by Gasteiger charge is -2.23. The normalized spacial score (nSPS) is 13.7. The molecule has 19 heavy (non-hydrogen) atoms. The van der Waals surface area contributed by atoms with Crippen LogP contribution in [0.2, 0.25) is 0 Å². The van der Waals surface area contributed by atoms with Crippen molar-refractivity contribution in [2.45, 2.75) is 52.1 Å². The Balaban J connectivity index is 3.26. The maximum Gasteiger partial charge on any atom is 0.327 e. The number of aryl methyl sites for hydroxylation is 1. The smallest absolute Gasteiger partial charge is 0.327 e. The van der Waals surface area contributed by atoms with E-state index in [0.29, 0.717) is 0 Å². The fourth-order valence-corrected chi connectivity index (χ4v) is 2.04. The molecule has 1 aromatic rings. The van der Waals surface area contributed by atoms with Gasteiger partial charge in [0, 0.05) is 30.3 Å². The molecule has 1 heterocycles. The highest BCUT2D eigenvalue weighted by Crippen LogP contribution is 2.29. The monoisotopic (exact) mass is 267 g/mol. The molecule has 0 aliphatic heterocycles. The molecule has 1 unspecified atom stereocenters. The van der Waals surface area contributed by atoms with Gasteiger partial charge in [-0.2, -0.15) is 5.10 Å². The lowest BCUT2D eigenvalue weighted by atomic mass is 9.87. The largest absolute Gasteiger partial charge is 0.468 e. The first-order valence-corrected chi connectivity index (χ1v) is 6.54. The van der Waals surface area contributed by atoms with E-state index in [-0.39, 0.29) is 17.4 Å². The lowest BCUT2D eigenvalue weighted by molar-refractivity contribution is -0.143. The lowest BCUT2D eigenvalue weighted by Crippen LogP contribution is -2.35. The molecular formula is C14H25N3O2. The minimum Gasteiger partial charge on any atom is -0.468 e. The molecule has 1 atom stereocenters. The summed E-state index contributed by atoms with van der Waals surface area (Å²) in [6.45, 7) is 10.3. The number of aromatic nitrogens is 2. The summed E-state index contributed by atoms with van der Waals surface area (Å²) in [4.78, 5) is 12.0. The number of esters is 1. The van der Waals surface area contributed by atoms with Crippen LogP contribution in [0.25, 0.3) is 0 Å². The van der Waals surface area contributed by atoms with Gasteiger partial charge in [-0.15, -0.1) is 0 Å². The first-order valence-electron chi connectivity index (χ1n) is 6.54. The topological polar surface area (TPSA) is 56.1 Å². The first-order chi connectivity index (χ1) is 8.66. The van der Waals surface area contributed by atoms with E-state index in [1.165, 1.54) is 7.11 Å². The van der Waals surface area contributed by atoms with Gasteiger partial charge in [0.15, 0.2) is 0 Å². The molecule has 1 aromatic heterocycles. The van der Waals surface area contributed by atoms with E-state index in [9.17, 15) is 4.79 Å². The number of carbonyl (C=O) groups excluding carboxylic acids is 1. The Morgan fingerprint density at radius 1 is 1.42 bits per heavy atom. The molecule has 0 amide bonds. The zero-order valence-electron chi connectivity index (χ0n) is 12.9. The number of methoxy groups -OCH3 is 1. The number of rotatable bonds is 4. The van der Waals surface area contributed by atoms with Crippen LogP contribution in [0.5, 0.6) is 0 Å². The average Bonchev–Trinajstić information content (AvgIpc) is 2.66. The van der Waals surface area contributed by atoms with Crippen LogP contribution in [-0.2, 0) is 22.0 Å². The molecule has 0 aliphatic rings. The van der Waals surface area contributed by atoms with Crippen LogP contribution in [-0.4, -0.2) is 28.9 Å². The predicted molar refractivity (Wildman–Crippen MR) is 74.9 cm³/mol. The summed E-state index contributed by atoms with van der Waals surface area (Å²) < 4.78 is 6.65. The van der Waals surface area contributed by atoms with Crippen LogP contribution in [0, 0.1) is 0 Å². The van der Waals surface area contributed by atoms with Gasteiger partial charge in [0.2, 0.25) is 0 Å². The minimum atomic E-state index is -0.479. The van der Waals surface area contributed by atoms with E-state index in [0.717, 1.165) is 11.3 Å². The Labute approximate surface area is 115 Å². The van der Waals surface area contributed by atoms with Crippen LogP contribution in [0.15, 0.2) is 6.20 Å². The quantitative estimate of drug-likeness (QED) is 0.847. The van der Waals surface area contributed by atoms with E-state index in [1.54, 1.807) is 4.68 Å². The number of nitrogens with zero attached hydrogens (tertiary/aromatic N) is 2. The molecule has 0 bridgehead atoms. The van der Waals surface area contributed by atoms with Crippen molar-refractivity contribution in [3.05, 3.63) is 17.5 Å². The van der Waals surface area contributed by atoms with Crippen LogP contribution in [0.3, 0.4) is 0 Å². The summed E-state index contributed by atoms with van der Waals surface area (Å²) in [5, 5.41) is 7.74. The van der Waals surface area contributed by atoms with Crippen molar-refractivity contribution >= 4 is 5.97 Å². The SMILES string of the molecule is COC(=O)C(NC(C)C)c1cn(C)nc1C(C)(C)C. The Hall–Kier alpha value is -1.36. The summed E-state index contributed by atoms with van der Waals surface area (Å²) >= 11 is 0. The summed E-state index contributed by atoms with van der Waals surface area (Å²) in [5.74, 6) is -0.285. The van der Waals surface area contributed by atoms with E-state index >= 15 is 0 Å². The Kier molecular flexibility index (Phi) is 4.74. The van der Waals surface area contributed by atoms with Gasteiger partial charge in [-0.1, -0.05) is 20.8 Å². The highest BCUT2D eigenvalue weighted by molar-refractivity contribution is 5.78. The van der Waals surface area contributed by atoms with Crippen molar-refractivity contribution in [2.75, 3.05) is 7.11 Å².